The van der Waals surface area contributed by atoms with E-state index in [1.165, 1.54) is 5.56 Å². The number of aliphatic carboxylic acids is 1. The largest absolute Gasteiger partial charge is 0.476 e. The minimum Gasteiger partial charge on any atom is -0.476 e. The molecule has 0 saturated carbocycles. The summed E-state index contributed by atoms with van der Waals surface area (Å²) in [6.45, 7) is 5.92. The maximum absolute atomic E-state index is 11.8. The molecule has 0 radical (unpaired) electrons. The van der Waals surface area contributed by atoms with Gasteiger partial charge in [-0.15, -0.1) is 0 Å². The number of para-hydroxylation sites is 1. The highest BCUT2D eigenvalue weighted by molar-refractivity contribution is 5.87. The molecule has 4 heteroatoms. The number of quaternary nitrogens is 1. The fraction of sp³-hybridized carbons (Fsp3) is 0.476. The number of carboxylic acids is 1. The number of carbonyl (C=O) groups is 1. The van der Waals surface area contributed by atoms with E-state index in [1.54, 1.807) is 0 Å². The molecule has 0 fully saturated rings. The fourth-order valence-corrected chi connectivity index (χ4v) is 3.30. The molecule has 25 heavy (non-hydrogen) atoms. The molecule has 0 aromatic heterocycles. The molecule has 4 nitrogen and oxygen atoms in total. The van der Waals surface area contributed by atoms with Gasteiger partial charge in [-0.1, -0.05) is 45.2 Å². The van der Waals surface area contributed by atoms with Gasteiger partial charge in [0, 0.05) is 24.3 Å². The van der Waals surface area contributed by atoms with Gasteiger partial charge < -0.3 is 10.4 Å². The van der Waals surface area contributed by atoms with Crippen molar-refractivity contribution in [1.29, 1.82) is 0 Å². The van der Waals surface area contributed by atoms with E-state index in [0.717, 1.165) is 50.8 Å². The van der Waals surface area contributed by atoms with Crippen molar-refractivity contribution in [3.63, 3.8) is 0 Å². The van der Waals surface area contributed by atoms with Crippen LogP contribution in [-0.2, 0) is 4.79 Å². The molecule has 2 rings (SSSR count). The van der Waals surface area contributed by atoms with Crippen LogP contribution in [-0.4, -0.2) is 24.2 Å². The van der Waals surface area contributed by atoms with Crippen LogP contribution >= 0.6 is 0 Å². The number of carboxylic acid groups (broad SMARTS) is 1. The summed E-state index contributed by atoms with van der Waals surface area (Å²) in [6, 6.07) is 8.25. The lowest BCUT2D eigenvalue weighted by Crippen LogP contribution is -2.40. The molecule has 0 aliphatic carbocycles. The van der Waals surface area contributed by atoms with E-state index in [2.05, 4.69) is 43.6 Å². The van der Waals surface area contributed by atoms with Gasteiger partial charge in [-0.3, -0.25) is 0 Å². The third-order valence-electron chi connectivity index (χ3n) is 4.72. The first-order valence-corrected chi connectivity index (χ1v) is 9.49. The van der Waals surface area contributed by atoms with E-state index < -0.39 is 5.97 Å². The zero-order valence-electron chi connectivity index (χ0n) is 15.5. The lowest BCUT2D eigenvalue weighted by Gasteiger charge is -2.29. The lowest BCUT2D eigenvalue weighted by molar-refractivity contribution is -0.133. The van der Waals surface area contributed by atoms with E-state index >= 15 is 0 Å². The maximum Gasteiger partial charge on any atom is 0.357 e. The van der Waals surface area contributed by atoms with E-state index in [1.807, 2.05) is 18.3 Å². The first kappa shape index (κ1) is 19.3. The second-order valence-electron chi connectivity index (χ2n) is 6.72. The standard InChI is InChI=1S/C21H30N2O2/c1-3-5-9-14-22-19(21(24)25)17-23(15-10-6-4-2)16-13-18-11-7-8-12-20(18)23/h7-8,11-13,16-17,22H,3-6,9-10,14-15H2,1-2H3/p+1. The summed E-state index contributed by atoms with van der Waals surface area (Å²) in [7, 11) is 0. The van der Waals surface area contributed by atoms with Crippen LogP contribution in [0.25, 0.3) is 6.08 Å². The summed E-state index contributed by atoms with van der Waals surface area (Å²) in [5, 5.41) is 12.8. The zero-order chi connectivity index (χ0) is 18.1. The Balaban J connectivity index is 2.28. The van der Waals surface area contributed by atoms with Gasteiger partial charge >= 0.3 is 5.97 Å². The van der Waals surface area contributed by atoms with Crippen molar-refractivity contribution < 1.29 is 9.90 Å². The number of nitrogens with zero attached hydrogens (tertiary/aromatic N) is 1. The number of hydrogen-bond acceptors (Lipinski definition) is 2. The van der Waals surface area contributed by atoms with Crippen LogP contribution in [0.2, 0.25) is 0 Å². The molecule has 1 unspecified atom stereocenters. The van der Waals surface area contributed by atoms with Crippen LogP contribution in [0, 0.1) is 0 Å². The molecule has 0 bridgehead atoms. The molecule has 136 valence electrons. The molecule has 1 aromatic carbocycles. The van der Waals surface area contributed by atoms with Gasteiger partial charge in [0.15, 0.2) is 5.70 Å². The molecular weight excluding hydrogens is 312 g/mol. The summed E-state index contributed by atoms with van der Waals surface area (Å²) < 4.78 is 0.485. The molecule has 2 N–H and O–H groups in total. The third-order valence-corrected chi connectivity index (χ3v) is 4.72. The summed E-state index contributed by atoms with van der Waals surface area (Å²) in [6.07, 6.45) is 12.7. The predicted octanol–water partition coefficient (Wildman–Crippen LogP) is 4.87. The van der Waals surface area contributed by atoms with E-state index in [0.29, 0.717) is 16.7 Å². The van der Waals surface area contributed by atoms with Gasteiger partial charge in [0.25, 0.3) is 0 Å². The van der Waals surface area contributed by atoms with Crippen LogP contribution in [0.4, 0.5) is 5.69 Å². The number of benzene rings is 1. The second-order valence-corrected chi connectivity index (χ2v) is 6.72. The number of rotatable bonds is 11. The molecule has 1 aliphatic rings. The molecule has 0 spiro atoms. The zero-order valence-corrected chi connectivity index (χ0v) is 15.5. The quantitative estimate of drug-likeness (QED) is 0.342. The third kappa shape index (κ3) is 4.95. The average molecular weight is 343 g/mol. The van der Waals surface area contributed by atoms with Gasteiger partial charge in [0.1, 0.15) is 18.1 Å². The van der Waals surface area contributed by atoms with Crippen molar-refractivity contribution in [2.75, 3.05) is 13.1 Å². The Morgan fingerprint density at radius 2 is 1.84 bits per heavy atom. The van der Waals surface area contributed by atoms with E-state index in [4.69, 9.17) is 0 Å². The van der Waals surface area contributed by atoms with Gasteiger partial charge in [-0.25, -0.2) is 9.28 Å². The summed E-state index contributed by atoms with van der Waals surface area (Å²) in [4.78, 5) is 11.8. The topological polar surface area (TPSA) is 49.3 Å². The Morgan fingerprint density at radius 1 is 1.12 bits per heavy atom. The highest BCUT2D eigenvalue weighted by atomic mass is 16.4. The van der Waals surface area contributed by atoms with Gasteiger partial charge in [0.2, 0.25) is 0 Å². The number of unbranched alkanes of at least 4 members (excludes halogenated alkanes) is 4. The van der Waals surface area contributed by atoms with Crippen molar-refractivity contribution in [3.05, 3.63) is 47.9 Å². The maximum atomic E-state index is 11.8. The fourth-order valence-electron chi connectivity index (χ4n) is 3.30. The van der Waals surface area contributed by atoms with Gasteiger partial charge in [-0.05, 0) is 25.3 Å². The monoisotopic (exact) mass is 343 g/mol. The number of fused-ring (bicyclic) bond motifs is 1. The van der Waals surface area contributed by atoms with E-state index in [-0.39, 0.29) is 0 Å². The van der Waals surface area contributed by atoms with Crippen molar-refractivity contribution in [1.82, 2.24) is 9.80 Å². The summed E-state index contributed by atoms with van der Waals surface area (Å²) in [5.41, 5.74) is 2.63. The Labute approximate surface area is 151 Å². The van der Waals surface area contributed by atoms with Crippen molar-refractivity contribution in [3.8, 4) is 0 Å². The van der Waals surface area contributed by atoms with Crippen LogP contribution < -0.4 is 9.80 Å². The minimum atomic E-state index is -0.887. The molecule has 1 aromatic rings. The Kier molecular flexibility index (Phi) is 7.26. The first-order chi connectivity index (χ1) is 12.1. The highest BCUT2D eigenvalue weighted by Gasteiger charge is 2.34. The Bertz CT molecular complexity index is 637. The minimum absolute atomic E-state index is 0.300. The van der Waals surface area contributed by atoms with Gasteiger partial charge in [-0.2, -0.15) is 0 Å². The van der Waals surface area contributed by atoms with Crippen LogP contribution in [0.1, 0.15) is 57.9 Å². The SMILES string of the molecule is CCCCCNC(=C[N+]1(CCCCC)C=Cc2ccccc21)C(=O)O. The molecule has 0 saturated heterocycles. The molecule has 0 amide bonds. The Morgan fingerprint density at radius 3 is 2.56 bits per heavy atom. The normalized spacial score (nSPS) is 19.0. The number of nitrogens with one attached hydrogen (secondary N) is 1. The number of hydrogen-bond donors (Lipinski definition) is 2. The van der Waals surface area contributed by atoms with Gasteiger partial charge in [0.05, 0.1) is 6.54 Å². The summed E-state index contributed by atoms with van der Waals surface area (Å²) >= 11 is 0. The van der Waals surface area contributed by atoms with Crippen LogP contribution in [0.15, 0.2) is 42.4 Å². The summed E-state index contributed by atoms with van der Waals surface area (Å²) in [5.74, 6) is -0.887. The molecular formula is C21H31N2O2+. The predicted molar refractivity (Wildman–Crippen MR) is 105 cm³/mol. The molecule has 1 heterocycles. The van der Waals surface area contributed by atoms with Crippen molar-refractivity contribution >= 4 is 17.7 Å². The smallest absolute Gasteiger partial charge is 0.357 e. The van der Waals surface area contributed by atoms with Crippen molar-refractivity contribution in [2.45, 2.75) is 52.4 Å². The van der Waals surface area contributed by atoms with E-state index in [9.17, 15) is 9.90 Å². The molecule has 1 aliphatic heterocycles. The second kappa shape index (κ2) is 9.42. The molecule has 1 atom stereocenters. The van der Waals surface area contributed by atoms with Crippen LogP contribution in [0.3, 0.4) is 0 Å². The average Bonchev–Trinajstić information content (AvgIpc) is 2.97. The van der Waals surface area contributed by atoms with Crippen LogP contribution in [0.5, 0.6) is 0 Å². The first-order valence-electron chi connectivity index (χ1n) is 9.49. The highest BCUT2D eigenvalue weighted by Crippen LogP contribution is 2.37. The lowest BCUT2D eigenvalue weighted by atomic mass is 10.1. The Hall–Kier alpha value is -2.07. The van der Waals surface area contributed by atoms with Crippen molar-refractivity contribution in [2.24, 2.45) is 0 Å².